The topological polar surface area (TPSA) is 58.6 Å². The molecule has 0 spiro atoms. The van der Waals surface area contributed by atoms with E-state index in [1.54, 1.807) is 7.11 Å². The van der Waals surface area contributed by atoms with E-state index < -0.39 is 12.6 Å². The van der Waals surface area contributed by atoms with Crippen LogP contribution in [-0.2, 0) is 35.0 Å². The Labute approximate surface area is 189 Å². The maximum absolute atomic E-state index is 6.55. The summed E-state index contributed by atoms with van der Waals surface area (Å²) in [6.45, 7) is 3.93. The third-order valence-electron chi connectivity index (χ3n) is 6.37. The number of hydrogen-bond donors (Lipinski definition) is 0. The maximum atomic E-state index is 6.55. The van der Waals surface area contributed by atoms with Gasteiger partial charge < -0.3 is 28.4 Å². The van der Waals surface area contributed by atoms with E-state index >= 15 is 0 Å². The van der Waals surface area contributed by atoms with Gasteiger partial charge in [-0.1, -0.05) is 60.7 Å². The molecule has 7 nitrogen and oxygen atoms in total. The van der Waals surface area contributed by atoms with E-state index in [0.717, 1.165) is 24.2 Å². The fraction of sp³-hybridized carbons (Fsp3) is 0.520. The first-order chi connectivity index (χ1) is 15.8. The molecule has 6 atom stereocenters. The zero-order valence-corrected chi connectivity index (χ0v) is 18.4. The zero-order valence-electron chi connectivity index (χ0n) is 18.4. The Morgan fingerprint density at radius 1 is 0.938 bits per heavy atom. The van der Waals surface area contributed by atoms with Gasteiger partial charge in [-0.25, -0.2) is 0 Å². The van der Waals surface area contributed by atoms with Gasteiger partial charge >= 0.3 is 0 Å². The molecular weight excluding hydrogens is 410 g/mol. The normalized spacial score (nSPS) is 33.5. The molecule has 0 N–H and O–H groups in total. The van der Waals surface area contributed by atoms with Crippen molar-refractivity contribution in [2.75, 3.05) is 40.0 Å². The lowest BCUT2D eigenvalue weighted by atomic mass is 9.92. The minimum atomic E-state index is -0.506. The SMILES string of the molecule is CO[C@H]1O[C@@H]2CO[C@@H](c3ccccc3)O[C@H]2[C@@H](N2CCOCC2)[C@@H]1OCc1ccccc1. The van der Waals surface area contributed by atoms with Crippen molar-refractivity contribution in [3.05, 3.63) is 71.8 Å². The molecular formula is C25H31NO6. The van der Waals surface area contributed by atoms with Crippen molar-refractivity contribution in [1.82, 2.24) is 4.90 Å². The molecule has 0 unspecified atom stereocenters. The van der Waals surface area contributed by atoms with Gasteiger partial charge in [0.1, 0.15) is 18.3 Å². The molecule has 5 rings (SSSR count). The van der Waals surface area contributed by atoms with Gasteiger partial charge in [-0.05, 0) is 5.56 Å². The largest absolute Gasteiger partial charge is 0.379 e. The average molecular weight is 442 g/mol. The summed E-state index contributed by atoms with van der Waals surface area (Å²) in [6, 6.07) is 20.2. The third kappa shape index (κ3) is 4.75. The number of rotatable bonds is 6. The van der Waals surface area contributed by atoms with Crippen LogP contribution >= 0.6 is 0 Å². The number of benzene rings is 2. The zero-order chi connectivity index (χ0) is 21.8. The van der Waals surface area contributed by atoms with Gasteiger partial charge in [-0.15, -0.1) is 0 Å². The number of fused-ring (bicyclic) bond motifs is 1. The molecule has 3 aliphatic rings. The van der Waals surface area contributed by atoms with Crippen LogP contribution in [0.4, 0.5) is 0 Å². The van der Waals surface area contributed by atoms with Crippen LogP contribution in [-0.4, -0.2) is 75.6 Å². The van der Waals surface area contributed by atoms with Crippen LogP contribution in [0.3, 0.4) is 0 Å². The van der Waals surface area contributed by atoms with Gasteiger partial charge in [-0.3, -0.25) is 4.90 Å². The third-order valence-corrected chi connectivity index (χ3v) is 6.37. The van der Waals surface area contributed by atoms with Gasteiger partial charge in [0.15, 0.2) is 12.6 Å². The van der Waals surface area contributed by atoms with Crippen LogP contribution in [0.2, 0.25) is 0 Å². The van der Waals surface area contributed by atoms with Gasteiger partial charge in [0.05, 0.1) is 32.5 Å². The number of hydrogen-bond acceptors (Lipinski definition) is 7. The summed E-state index contributed by atoms with van der Waals surface area (Å²) in [6.07, 6.45) is -1.69. The van der Waals surface area contributed by atoms with E-state index in [2.05, 4.69) is 17.0 Å². The first-order valence-electron chi connectivity index (χ1n) is 11.3. The predicted molar refractivity (Wildman–Crippen MR) is 117 cm³/mol. The smallest absolute Gasteiger partial charge is 0.185 e. The molecule has 3 saturated heterocycles. The lowest BCUT2D eigenvalue weighted by Gasteiger charge is -2.52. The highest BCUT2D eigenvalue weighted by Gasteiger charge is 2.53. The second-order valence-electron chi connectivity index (χ2n) is 8.36. The van der Waals surface area contributed by atoms with E-state index in [-0.39, 0.29) is 24.4 Å². The van der Waals surface area contributed by atoms with Gasteiger partial charge in [0.25, 0.3) is 0 Å². The molecule has 0 aliphatic carbocycles. The molecule has 32 heavy (non-hydrogen) atoms. The van der Waals surface area contributed by atoms with Gasteiger partial charge in [0.2, 0.25) is 0 Å². The van der Waals surface area contributed by atoms with Crippen LogP contribution in [0.15, 0.2) is 60.7 Å². The van der Waals surface area contributed by atoms with Crippen molar-refractivity contribution >= 4 is 0 Å². The first kappa shape index (κ1) is 22.0. The van der Waals surface area contributed by atoms with Crippen molar-refractivity contribution in [3.8, 4) is 0 Å². The lowest BCUT2D eigenvalue weighted by Crippen LogP contribution is -2.68. The predicted octanol–water partition coefficient (Wildman–Crippen LogP) is 2.76. The fourth-order valence-corrected chi connectivity index (χ4v) is 4.77. The molecule has 2 aromatic carbocycles. The molecule has 2 aromatic rings. The van der Waals surface area contributed by atoms with Crippen LogP contribution in [0.25, 0.3) is 0 Å². The highest BCUT2D eigenvalue weighted by atomic mass is 16.8. The summed E-state index contributed by atoms with van der Waals surface area (Å²) in [5, 5.41) is 0. The molecule has 172 valence electrons. The van der Waals surface area contributed by atoms with Crippen LogP contribution in [0.1, 0.15) is 17.4 Å². The van der Waals surface area contributed by atoms with E-state index in [1.165, 1.54) is 0 Å². The Balaban J connectivity index is 1.41. The summed E-state index contributed by atoms with van der Waals surface area (Å²) >= 11 is 0. The summed E-state index contributed by atoms with van der Waals surface area (Å²) < 4.78 is 36.7. The fourth-order valence-electron chi connectivity index (χ4n) is 4.77. The molecule has 3 fully saturated rings. The van der Waals surface area contributed by atoms with Crippen LogP contribution in [0, 0.1) is 0 Å². The summed E-state index contributed by atoms with van der Waals surface area (Å²) in [5.74, 6) is 0. The van der Waals surface area contributed by atoms with E-state index in [1.807, 2.05) is 48.5 Å². The minimum Gasteiger partial charge on any atom is -0.379 e. The van der Waals surface area contributed by atoms with E-state index in [9.17, 15) is 0 Å². The van der Waals surface area contributed by atoms with Crippen molar-refractivity contribution < 1.29 is 28.4 Å². The quantitative estimate of drug-likeness (QED) is 0.683. The first-order valence-corrected chi connectivity index (χ1v) is 11.3. The monoisotopic (exact) mass is 441 g/mol. The summed E-state index contributed by atoms with van der Waals surface area (Å²) in [5.41, 5.74) is 2.11. The van der Waals surface area contributed by atoms with Crippen molar-refractivity contribution in [1.29, 1.82) is 0 Å². The average Bonchev–Trinajstić information content (AvgIpc) is 2.88. The Morgan fingerprint density at radius 3 is 2.38 bits per heavy atom. The number of methoxy groups -OCH3 is 1. The molecule has 3 heterocycles. The Bertz CT molecular complexity index is 825. The van der Waals surface area contributed by atoms with Crippen molar-refractivity contribution in [2.24, 2.45) is 0 Å². The van der Waals surface area contributed by atoms with Crippen LogP contribution in [0.5, 0.6) is 0 Å². The number of morpholine rings is 1. The van der Waals surface area contributed by atoms with E-state index in [4.69, 9.17) is 28.4 Å². The standard InChI is InChI=1S/C25H31NO6/c1-27-25-23(29-16-18-8-4-2-5-9-18)21(26-12-14-28-15-13-26)22-20(31-25)17-30-24(32-22)19-10-6-3-7-11-19/h2-11,20-25H,12-17H2,1H3/t20-,21-,22-,23+,24-,25+/m1/s1. The second-order valence-corrected chi connectivity index (χ2v) is 8.36. The summed E-state index contributed by atoms with van der Waals surface area (Å²) in [4.78, 5) is 2.40. The van der Waals surface area contributed by atoms with Crippen molar-refractivity contribution in [3.63, 3.8) is 0 Å². The molecule has 0 radical (unpaired) electrons. The molecule has 0 aromatic heterocycles. The molecule has 3 aliphatic heterocycles. The minimum absolute atomic E-state index is 0.0403. The highest BCUT2D eigenvalue weighted by Crippen LogP contribution is 2.37. The second kappa shape index (κ2) is 10.4. The van der Waals surface area contributed by atoms with Gasteiger partial charge in [-0.2, -0.15) is 0 Å². The lowest BCUT2D eigenvalue weighted by molar-refractivity contribution is -0.356. The molecule has 0 saturated carbocycles. The summed E-state index contributed by atoms with van der Waals surface area (Å²) in [7, 11) is 1.66. The van der Waals surface area contributed by atoms with Gasteiger partial charge in [0, 0.05) is 25.8 Å². The maximum Gasteiger partial charge on any atom is 0.185 e. The van der Waals surface area contributed by atoms with E-state index in [0.29, 0.717) is 26.4 Å². The number of nitrogens with zero attached hydrogens (tertiary/aromatic N) is 1. The molecule has 0 amide bonds. The van der Waals surface area contributed by atoms with Crippen molar-refractivity contribution in [2.45, 2.75) is 43.5 Å². The Kier molecular flexibility index (Phi) is 7.14. The Hall–Kier alpha value is -1.84. The highest BCUT2D eigenvalue weighted by molar-refractivity contribution is 5.17. The van der Waals surface area contributed by atoms with Crippen LogP contribution < -0.4 is 0 Å². The molecule has 7 heteroatoms. The Morgan fingerprint density at radius 2 is 1.66 bits per heavy atom. The number of ether oxygens (including phenoxy) is 6. The molecule has 0 bridgehead atoms.